The third-order valence-corrected chi connectivity index (χ3v) is 7.95. The summed E-state index contributed by atoms with van der Waals surface area (Å²) in [5.41, 5.74) is 2.41. The Balaban J connectivity index is 2.10. The van der Waals surface area contributed by atoms with Gasteiger partial charge >= 0.3 is 0 Å². The van der Waals surface area contributed by atoms with Crippen LogP contribution in [0.2, 0.25) is 0 Å². The highest BCUT2D eigenvalue weighted by molar-refractivity contribution is 7.92. The number of halogens is 1. The van der Waals surface area contributed by atoms with E-state index in [-0.39, 0.29) is 36.4 Å². The van der Waals surface area contributed by atoms with Gasteiger partial charge in [0, 0.05) is 19.0 Å². The zero-order valence-corrected chi connectivity index (χ0v) is 24.9. The maximum atomic E-state index is 14.1. The first-order valence-corrected chi connectivity index (χ1v) is 15.3. The van der Waals surface area contributed by atoms with Crippen LogP contribution in [-0.4, -0.2) is 57.1 Å². The fraction of sp³-hybridized carbons (Fsp3) is 0.355. The highest BCUT2D eigenvalue weighted by Crippen LogP contribution is 2.31. The van der Waals surface area contributed by atoms with Crippen LogP contribution in [0.5, 0.6) is 5.75 Å². The molecule has 41 heavy (non-hydrogen) atoms. The number of ether oxygens (including phenoxy) is 1. The van der Waals surface area contributed by atoms with E-state index in [1.54, 1.807) is 37.3 Å². The first kappa shape index (κ1) is 31.6. The van der Waals surface area contributed by atoms with E-state index in [2.05, 4.69) is 5.32 Å². The highest BCUT2D eigenvalue weighted by Gasteiger charge is 2.34. The van der Waals surface area contributed by atoms with E-state index < -0.39 is 34.3 Å². The second kappa shape index (κ2) is 14.1. The smallest absolute Gasteiger partial charge is 0.244 e. The van der Waals surface area contributed by atoms with E-state index in [1.165, 1.54) is 24.1 Å². The number of carbonyl (C=O) groups is 2. The molecule has 0 spiro atoms. The van der Waals surface area contributed by atoms with E-state index in [4.69, 9.17) is 4.74 Å². The number of methoxy groups -OCH3 is 1. The largest absolute Gasteiger partial charge is 0.495 e. The van der Waals surface area contributed by atoms with Gasteiger partial charge in [-0.25, -0.2) is 12.8 Å². The van der Waals surface area contributed by atoms with Crippen LogP contribution in [0.25, 0.3) is 0 Å². The van der Waals surface area contributed by atoms with Gasteiger partial charge in [-0.3, -0.25) is 13.9 Å². The van der Waals surface area contributed by atoms with Gasteiger partial charge in [-0.2, -0.15) is 0 Å². The van der Waals surface area contributed by atoms with Crippen molar-refractivity contribution in [3.63, 3.8) is 0 Å². The summed E-state index contributed by atoms with van der Waals surface area (Å²) in [6, 6.07) is 18.9. The molecular formula is C31H38FN3O5S. The molecule has 0 aliphatic rings. The lowest BCUT2D eigenvalue weighted by atomic mass is 10.0. The van der Waals surface area contributed by atoms with Gasteiger partial charge in [0.2, 0.25) is 21.8 Å². The molecule has 2 amide bonds. The number of nitrogens with one attached hydrogen (secondary N) is 1. The van der Waals surface area contributed by atoms with Crippen LogP contribution >= 0.6 is 0 Å². The standard InChI is InChI=1S/C31H38FN3O5S/c1-6-23(3)33-31(37)28(19-24-10-8-7-9-11-24)34(20-25-13-15-26(32)16-14-25)30(36)21-35(41(5,38)39)27-18-22(2)12-17-29(27)40-4/h7-18,23,28H,6,19-21H2,1-5H3,(H,33,37)/t23-,28+/m1/s1. The fourth-order valence-corrected chi connectivity index (χ4v) is 5.22. The molecular weight excluding hydrogens is 545 g/mol. The summed E-state index contributed by atoms with van der Waals surface area (Å²) in [7, 11) is -2.52. The quantitative estimate of drug-likeness (QED) is 0.321. The molecule has 0 saturated heterocycles. The van der Waals surface area contributed by atoms with Crippen LogP contribution in [0.3, 0.4) is 0 Å². The number of rotatable bonds is 13. The molecule has 3 rings (SSSR count). The first-order chi connectivity index (χ1) is 19.4. The van der Waals surface area contributed by atoms with Crippen LogP contribution in [0.4, 0.5) is 10.1 Å². The van der Waals surface area contributed by atoms with Crippen LogP contribution in [0.15, 0.2) is 72.8 Å². The van der Waals surface area contributed by atoms with Crippen molar-refractivity contribution < 1.29 is 27.1 Å². The predicted octanol–water partition coefficient (Wildman–Crippen LogP) is 4.46. The molecule has 0 fully saturated rings. The Kier molecular flexibility index (Phi) is 10.9. The summed E-state index contributed by atoms with van der Waals surface area (Å²) in [5, 5.41) is 2.98. The summed E-state index contributed by atoms with van der Waals surface area (Å²) >= 11 is 0. The Hall–Kier alpha value is -3.92. The van der Waals surface area contributed by atoms with Gasteiger partial charge in [-0.05, 0) is 61.2 Å². The molecule has 0 radical (unpaired) electrons. The van der Waals surface area contributed by atoms with Gasteiger partial charge in [0.05, 0.1) is 19.1 Å². The zero-order valence-electron chi connectivity index (χ0n) is 24.1. The highest BCUT2D eigenvalue weighted by atomic mass is 32.2. The third kappa shape index (κ3) is 8.78. The number of carbonyl (C=O) groups excluding carboxylic acids is 2. The van der Waals surface area contributed by atoms with Crippen molar-refractivity contribution in [2.75, 3.05) is 24.2 Å². The van der Waals surface area contributed by atoms with E-state index >= 15 is 0 Å². The number of nitrogens with zero attached hydrogens (tertiary/aromatic N) is 2. The van der Waals surface area contributed by atoms with Gasteiger partial charge in [-0.15, -0.1) is 0 Å². The number of sulfonamides is 1. The molecule has 0 aromatic heterocycles. The summed E-state index contributed by atoms with van der Waals surface area (Å²) in [6.45, 7) is 5.02. The molecule has 0 unspecified atom stereocenters. The maximum absolute atomic E-state index is 14.1. The van der Waals surface area contributed by atoms with Gasteiger partial charge in [0.15, 0.2) is 0 Å². The molecule has 3 aromatic rings. The second-order valence-corrected chi connectivity index (χ2v) is 12.0. The van der Waals surface area contributed by atoms with Crippen molar-refractivity contribution in [2.45, 2.75) is 52.2 Å². The summed E-state index contributed by atoms with van der Waals surface area (Å²) in [4.78, 5) is 29.2. The summed E-state index contributed by atoms with van der Waals surface area (Å²) in [5.74, 6) is -1.10. The molecule has 1 N–H and O–H groups in total. The number of anilines is 1. The maximum Gasteiger partial charge on any atom is 0.244 e. The van der Waals surface area contributed by atoms with E-state index in [1.807, 2.05) is 44.2 Å². The minimum atomic E-state index is -3.95. The average molecular weight is 584 g/mol. The van der Waals surface area contributed by atoms with Crippen LogP contribution in [0, 0.1) is 12.7 Å². The van der Waals surface area contributed by atoms with E-state index in [0.29, 0.717) is 12.0 Å². The minimum Gasteiger partial charge on any atom is -0.495 e. The second-order valence-electron chi connectivity index (χ2n) is 10.1. The van der Waals surface area contributed by atoms with Crippen molar-refractivity contribution in [2.24, 2.45) is 0 Å². The average Bonchev–Trinajstić information content (AvgIpc) is 2.94. The Morgan fingerprint density at radius 3 is 2.24 bits per heavy atom. The van der Waals surface area contributed by atoms with Crippen molar-refractivity contribution in [1.82, 2.24) is 10.2 Å². The number of hydrogen-bond acceptors (Lipinski definition) is 5. The third-order valence-electron chi connectivity index (χ3n) is 6.82. The number of amides is 2. The molecule has 0 aliphatic heterocycles. The van der Waals surface area contributed by atoms with Crippen LogP contribution in [-0.2, 0) is 32.6 Å². The molecule has 10 heteroatoms. The molecule has 0 saturated carbocycles. The minimum absolute atomic E-state index is 0.0346. The normalized spacial score (nSPS) is 12.7. The van der Waals surface area contributed by atoms with Crippen molar-refractivity contribution in [1.29, 1.82) is 0 Å². The Morgan fingerprint density at radius 2 is 1.66 bits per heavy atom. The molecule has 0 heterocycles. The Morgan fingerprint density at radius 1 is 1.00 bits per heavy atom. The lowest BCUT2D eigenvalue weighted by Crippen LogP contribution is -2.54. The molecule has 220 valence electrons. The number of hydrogen-bond donors (Lipinski definition) is 1. The molecule has 0 bridgehead atoms. The van der Waals surface area contributed by atoms with Gasteiger partial charge in [-0.1, -0.05) is 55.5 Å². The SMILES string of the molecule is CC[C@@H](C)NC(=O)[C@H](Cc1ccccc1)N(Cc1ccc(F)cc1)C(=O)CN(c1cc(C)ccc1OC)S(C)(=O)=O. The first-order valence-electron chi connectivity index (χ1n) is 13.4. The summed E-state index contributed by atoms with van der Waals surface area (Å²) < 4.78 is 46.2. The fourth-order valence-electron chi connectivity index (χ4n) is 4.37. The predicted molar refractivity (Wildman–Crippen MR) is 159 cm³/mol. The zero-order chi connectivity index (χ0) is 30.2. The van der Waals surface area contributed by atoms with Crippen molar-refractivity contribution >= 4 is 27.5 Å². The van der Waals surface area contributed by atoms with Gasteiger partial charge in [0.25, 0.3) is 0 Å². The summed E-state index contributed by atoms with van der Waals surface area (Å²) in [6.07, 6.45) is 1.90. The van der Waals surface area contributed by atoms with Crippen molar-refractivity contribution in [3.8, 4) is 5.75 Å². The monoisotopic (exact) mass is 583 g/mol. The molecule has 3 aromatic carbocycles. The molecule has 8 nitrogen and oxygen atoms in total. The molecule has 0 aliphatic carbocycles. The van der Waals surface area contributed by atoms with Crippen molar-refractivity contribution in [3.05, 3.63) is 95.3 Å². The lowest BCUT2D eigenvalue weighted by molar-refractivity contribution is -0.140. The Bertz CT molecular complexity index is 1430. The van der Waals surface area contributed by atoms with E-state index in [9.17, 15) is 22.4 Å². The molecule has 2 atom stereocenters. The van der Waals surface area contributed by atoms with Crippen LogP contribution < -0.4 is 14.4 Å². The number of benzene rings is 3. The Labute approximate surface area is 242 Å². The lowest BCUT2D eigenvalue weighted by Gasteiger charge is -2.34. The van der Waals surface area contributed by atoms with E-state index in [0.717, 1.165) is 21.7 Å². The topological polar surface area (TPSA) is 96.0 Å². The number of aryl methyl sites for hydroxylation is 1. The van der Waals surface area contributed by atoms with Gasteiger partial charge < -0.3 is 15.0 Å². The van der Waals surface area contributed by atoms with Gasteiger partial charge in [0.1, 0.15) is 24.2 Å². The van der Waals surface area contributed by atoms with Crippen LogP contribution in [0.1, 0.15) is 37.0 Å².